The van der Waals surface area contributed by atoms with Crippen molar-refractivity contribution in [3.05, 3.63) is 210 Å². The Kier molecular flexibility index (Phi) is 15.5. The molecule has 8 aromatic carbocycles. The maximum atomic E-state index is 14.1. The number of methoxy groups -OCH3 is 1. The first-order chi connectivity index (χ1) is 35.1. The fourth-order valence-corrected chi connectivity index (χ4v) is 11.9. The predicted molar refractivity (Wildman–Crippen MR) is 279 cm³/mol. The van der Waals surface area contributed by atoms with Crippen LogP contribution in [-0.2, 0) is 50.0 Å². The smallest absolute Gasteiger partial charge is 0.298 e. The van der Waals surface area contributed by atoms with Crippen molar-refractivity contribution >= 4 is 41.8 Å². The third-order valence-electron chi connectivity index (χ3n) is 12.6. The zero-order valence-electron chi connectivity index (χ0n) is 40.7. The lowest BCUT2D eigenvalue weighted by molar-refractivity contribution is -0.432. The molecule has 0 saturated carbocycles. The minimum atomic E-state index is -5.01. The van der Waals surface area contributed by atoms with Gasteiger partial charge in [-0.2, -0.15) is 8.42 Å². The molecule has 8 aromatic rings. The van der Waals surface area contributed by atoms with Gasteiger partial charge in [-0.3, -0.25) is 4.55 Å². The molecular weight excluding hydrogens is 1020 g/mol. The van der Waals surface area contributed by atoms with Gasteiger partial charge in [0.2, 0.25) is 19.7 Å². The molecule has 0 aliphatic rings. The molecule has 8 rings (SSSR count). The maximum absolute atomic E-state index is 14.1. The van der Waals surface area contributed by atoms with E-state index in [4.69, 9.17) is 24.2 Å². The Morgan fingerprint density at radius 2 is 0.784 bits per heavy atom. The molecule has 0 spiro atoms. The van der Waals surface area contributed by atoms with E-state index in [-0.39, 0.29) is 36.8 Å². The Bertz CT molecular complexity index is 3620. The van der Waals surface area contributed by atoms with Crippen molar-refractivity contribution in [3.8, 4) is 40.2 Å². The molecule has 2 N–H and O–H groups in total. The van der Waals surface area contributed by atoms with Crippen LogP contribution in [0.3, 0.4) is 0 Å². The lowest BCUT2D eigenvalue weighted by atomic mass is 9.78. The SMILES string of the molecule is COc1ccc(C(C)(C)c2ccc(Oc3ccc(S(=O)(=O)c4ccc(Oc5ccc(C(C)(C)c6ccc(Oc7ccc(S(=O)(=O)c8ccc(C)cc8)cc7)cc6)cc5)c(SOOO)c4)cc3S(=O)(=O)O)cc2)cc1. The summed E-state index contributed by atoms with van der Waals surface area (Å²) in [6.07, 6.45) is 0. The molecule has 14 nitrogen and oxygen atoms in total. The van der Waals surface area contributed by atoms with Gasteiger partial charge in [0.25, 0.3) is 10.1 Å². The average molecular weight is 1080 g/mol. The third-order valence-corrected chi connectivity index (χ3v) is 17.6. The Morgan fingerprint density at radius 1 is 0.432 bits per heavy atom. The van der Waals surface area contributed by atoms with Gasteiger partial charge in [-0.15, -0.1) is 4.33 Å². The fourth-order valence-electron chi connectivity index (χ4n) is 8.02. The molecule has 0 unspecified atom stereocenters. The summed E-state index contributed by atoms with van der Waals surface area (Å²) in [5.41, 5.74) is 3.91. The number of rotatable bonds is 19. The van der Waals surface area contributed by atoms with Crippen LogP contribution in [0, 0.1) is 6.92 Å². The van der Waals surface area contributed by atoms with Gasteiger partial charge in [-0.25, -0.2) is 22.1 Å². The first-order valence-corrected chi connectivity index (χ1v) is 27.8. The summed E-state index contributed by atoms with van der Waals surface area (Å²) >= 11 is 0.455. The molecule has 0 aromatic heterocycles. The van der Waals surface area contributed by atoms with Gasteiger partial charge in [0.05, 0.1) is 43.6 Å². The minimum absolute atomic E-state index is 0.0589. The highest BCUT2D eigenvalue weighted by Crippen LogP contribution is 2.41. The van der Waals surface area contributed by atoms with Crippen molar-refractivity contribution < 1.29 is 63.4 Å². The normalized spacial score (nSPS) is 12.3. The Hall–Kier alpha value is -7.00. The van der Waals surface area contributed by atoms with Gasteiger partial charge in [-0.1, -0.05) is 99.0 Å². The summed E-state index contributed by atoms with van der Waals surface area (Å²) < 4.78 is 118. The third kappa shape index (κ3) is 11.7. The van der Waals surface area contributed by atoms with E-state index >= 15 is 0 Å². The van der Waals surface area contributed by atoms with Crippen LogP contribution in [0.1, 0.15) is 55.5 Å². The number of aryl methyl sites for hydroxylation is 1. The number of sulfone groups is 2. The number of hydrogen-bond donors (Lipinski definition) is 2. The molecule has 0 saturated heterocycles. The first kappa shape index (κ1) is 53.3. The molecule has 18 heteroatoms. The second-order valence-corrected chi connectivity index (χ2v) is 24.1. The number of benzene rings is 8. The molecule has 0 radical (unpaired) electrons. The summed E-state index contributed by atoms with van der Waals surface area (Å²) in [4.78, 5) is -1.13. The highest BCUT2D eigenvalue weighted by molar-refractivity contribution is 7.95. The Morgan fingerprint density at radius 3 is 1.22 bits per heavy atom. The van der Waals surface area contributed by atoms with E-state index in [1.54, 1.807) is 67.8 Å². The van der Waals surface area contributed by atoms with E-state index in [2.05, 4.69) is 23.2 Å². The van der Waals surface area contributed by atoms with Gasteiger partial charge in [-0.05, 0) is 151 Å². The Balaban J connectivity index is 0.950. The van der Waals surface area contributed by atoms with E-state index < -0.39 is 50.4 Å². The fraction of sp³-hybridized carbons (Fsp3) is 0.143. The van der Waals surface area contributed by atoms with Crippen LogP contribution in [0.15, 0.2) is 211 Å². The highest BCUT2D eigenvalue weighted by atomic mass is 32.2. The average Bonchev–Trinajstić information content (AvgIpc) is 3.39. The van der Waals surface area contributed by atoms with Crippen molar-refractivity contribution in [2.75, 3.05) is 7.11 Å². The summed E-state index contributed by atoms with van der Waals surface area (Å²) in [5, 5.41) is 12.8. The maximum Gasteiger partial charge on any atom is 0.298 e. The summed E-state index contributed by atoms with van der Waals surface area (Å²) in [5.74, 6) is 2.17. The molecule has 0 aliphatic heterocycles. The largest absolute Gasteiger partial charge is 0.497 e. The van der Waals surface area contributed by atoms with Crippen LogP contribution in [0.5, 0.6) is 40.2 Å². The summed E-state index contributed by atoms with van der Waals surface area (Å²) in [7, 11) is -11.6. The summed E-state index contributed by atoms with van der Waals surface area (Å²) in [6, 6.07) is 49.2. The van der Waals surface area contributed by atoms with Crippen molar-refractivity contribution in [2.24, 2.45) is 0 Å². The van der Waals surface area contributed by atoms with Crippen LogP contribution < -0.4 is 18.9 Å². The molecule has 0 heterocycles. The van der Waals surface area contributed by atoms with Crippen molar-refractivity contribution in [2.45, 2.75) is 74.8 Å². The van der Waals surface area contributed by atoms with Crippen LogP contribution in [0.4, 0.5) is 0 Å². The van der Waals surface area contributed by atoms with E-state index in [1.165, 1.54) is 30.3 Å². The van der Waals surface area contributed by atoms with E-state index in [0.29, 0.717) is 29.3 Å². The first-order valence-electron chi connectivity index (χ1n) is 22.7. The number of ether oxygens (including phenoxy) is 4. The van der Waals surface area contributed by atoms with E-state index in [9.17, 15) is 29.8 Å². The lowest BCUT2D eigenvalue weighted by Crippen LogP contribution is -2.18. The zero-order chi connectivity index (χ0) is 53.1. The summed E-state index contributed by atoms with van der Waals surface area (Å²) in [6.45, 7) is 10.1. The molecular formula is C56H50O14S4. The van der Waals surface area contributed by atoms with Gasteiger partial charge >= 0.3 is 0 Å². The van der Waals surface area contributed by atoms with Crippen LogP contribution >= 0.6 is 12.0 Å². The molecule has 0 bridgehead atoms. The second kappa shape index (κ2) is 21.5. The topological polar surface area (TPSA) is 198 Å². The van der Waals surface area contributed by atoms with Crippen molar-refractivity contribution in [1.29, 1.82) is 0 Å². The molecule has 74 heavy (non-hydrogen) atoms. The van der Waals surface area contributed by atoms with Crippen molar-refractivity contribution in [3.63, 3.8) is 0 Å². The van der Waals surface area contributed by atoms with Gasteiger partial charge in [0, 0.05) is 10.8 Å². The van der Waals surface area contributed by atoms with Crippen LogP contribution in [-0.4, -0.2) is 42.2 Å². The second-order valence-electron chi connectivity index (χ2n) is 18.1. The van der Waals surface area contributed by atoms with Gasteiger partial charge in [0.15, 0.2) is 0 Å². The monoisotopic (exact) mass is 1070 g/mol. The molecule has 0 aliphatic carbocycles. The lowest BCUT2D eigenvalue weighted by Gasteiger charge is -2.26. The number of hydrogen-bond acceptors (Lipinski definition) is 14. The minimum Gasteiger partial charge on any atom is -0.497 e. The Labute approximate surface area is 434 Å². The highest BCUT2D eigenvalue weighted by Gasteiger charge is 2.28. The van der Waals surface area contributed by atoms with Gasteiger partial charge in [0.1, 0.15) is 45.1 Å². The van der Waals surface area contributed by atoms with E-state index in [1.807, 2.05) is 93.6 Å². The van der Waals surface area contributed by atoms with Crippen LogP contribution in [0.2, 0.25) is 0 Å². The van der Waals surface area contributed by atoms with Crippen molar-refractivity contribution in [1.82, 2.24) is 0 Å². The van der Waals surface area contributed by atoms with Gasteiger partial charge < -0.3 is 18.9 Å². The molecule has 0 atom stereocenters. The molecule has 382 valence electrons. The predicted octanol–water partition coefficient (Wildman–Crippen LogP) is 13.4. The molecule has 0 fully saturated rings. The molecule has 0 amide bonds. The zero-order valence-corrected chi connectivity index (χ0v) is 44.0. The van der Waals surface area contributed by atoms with E-state index in [0.717, 1.165) is 51.8 Å². The quantitative estimate of drug-likeness (QED) is 0.0335. The standard InChI is InChI=1S/C56H50O14S4/c1-37-7-27-47(28-8-37)72(58,59)48-29-25-44(26-30-48)66-43-19-11-39(12-20-43)56(4,5)40-13-21-45(22-14-40)67-51-33-31-49(35-53(51)71-70-69-57)73(60,61)50-32-34-52(54(36-50)74(62,63)64)68-46-23-15-41(16-24-46)55(2,3)38-9-17-42(65-6)18-10-38/h7-36,57H,1-6H3,(H,62,63,64). The van der Waals surface area contributed by atoms with Crippen LogP contribution in [0.25, 0.3) is 0 Å².